The molecule has 18 heavy (non-hydrogen) atoms. The summed E-state index contributed by atoms with van der Waals surface area (Å²) in [5, 5.41) is 0. The van der Waals surface area contributed by atoms with Crippen LogP contribution in [0.2, 0.25) is 0 Å². The largest absolute Gasteiger partial charge is 0.383 e. The first-order chi connectivity index (χ1) is 8.76. The van der Waals surface area contributed by atoms with Crippen LogP contribution in [0.4, 0.5) is 0 Å². The van der Waals surface area contributed by atoms with E-state index in [4.69, 9.17) is 10.6 Å². The summed E-state index contributed by atoms with van der Waals surface area (Å²) in [7, 11) is 3.92. The molecule has 0 radical (unpaired) electrons. The lowest BCUT2D eigenvalue weighted by Gasteiger charge is -2.28. The summed E-state index contributed by atoms with van der Waals surface area (Å²) in [6, 6.07) is 1.37. The number of hydrazine groups is 1. The van der Waals surface area contributed by atoms with Crippen molar-refractivity contribution in [3.8, 4) is 0 Å². The third-order valence-electron chi connectivity index (χ3n) is 4.13. The molecule has 2 atom stereocenters. The van der Waals surface area contributed by atoms with Crippen LogP contribution in [-0.2, 0) is 4.74 Å². The maximum atomic E-state index is 5.59. The number of likely N-dealkylation sites (tertiary alicyclic amines) is 1. The van der Waals surface area contributed by atoms with Crippen LogP contribution in [0, 0.1) is 0 Å². The molecule has 0 aromatic heterocycles. The van der Waals surface area contributed by atoms with Crippen molar-refractivity contribution in [3.63, 3.8) is 0 Å². The van der Waals surface area contributed by atoms with E-state index in [0.717, 1.165) is 25.1 Å². The fourth-order valence-corrected chi connectivity index (χ4v) is 2.98. The fourth-order valence-electron chi connectivity index (χ4n) is 2.98. The number of guanidine groups is 1. The van der Waals surface area contributed by atoms with E-state index in [0.29, 0.717) is 19.2 Å². The van der Waals surface area contributed by atoms with Gasteiger partial charge < -0.3 is 9.64 Å². The molecule has 2 saturated heterocycles. The summed E-state index contributed by atoms with van der Waals surface area (Å²) in [4.78, 5) is 9.26. The van der Waals surface area contributed by atoms with E-state index in [1.54, 1.807) is 7.11 Å². The van der Waals surface area contributed by atoms with Crippen molar-refractivity contribution in [2.24, 2.45) is 10.8 Å². The zero-order chi connectivity index (χ0) is 13.0. The molecule has 0 spiro atoms. The highest BCUT2D eigenvalue weighted by Crippen LogP contribution is 2.28. The van der Waals surface area contributed by atoms with Gasteiger partial charge in [-0.2, -0.15) is 0 Å². The van der Waals surface area contributed by atoms with Gasteiger partial charge in [0.05, 0.1) is 13.2 Å². The van der Waals surface area contributed by atoms with Gasteiger partial charge in [0, 0.05) is 32.3 Å². The van der Waals surface area contributed by atoms with E-state index >= 15 is 0 Å². The number of nitrogens with zero attached hydrogens (tertiary/aromatic N) is 3. The lowest BCUT2D eigenvalue weighted by molar-refractivity contribution is 0.207. The maximum absolute atomic E-state index is 5.59. The van der Waals surface area contributed by atoms with Gasteiger partial charge in [-0.1, -0.05) is 0 Å². The Labute approximate surface area is 109 Å². The highest BCUT2D eigenvalue weighted by atomic mass is 16.5. The number of likely N-dealkylation sites (N-methyl/N-ethyl adjacent to an activating group) is 1. The Kier molecular flexibility index (Phi) is 4.79. The van der Waals surface area contributed by atoms with Crippen molar-refractivity contribution in [3.05, 3.63) is 0 Å². The van der Waals surface area contributed by atoms with E-state index in [1.165, 1.54) is 19.3 Å². The van der Waals surface area contributed by atoms with Gasteiger partial charge in [-0.3, -0.25) is 10.3 Å². The van der Waals surface area contributed by atoms with Gasteiger partial charge in [-0.05, 0) is 26.3 Å². The van der Waals surface area contributed by atoms with Crippen LogP contribution < -0.4 is 11.3 Å². The summed E-state index contributed by atoms with van der Waals surface area (Å²) in [6.07, 6.45) is 3.81. The lowest BCUT2D eigenvalue weighted by Crippen LogP contribution is -2.48. The number of nitrogens with one attached hydrogen (secondary N) is 1. The highest BCUT2D eigenvalue weighted by Gasteiger charge is 2.35. The van der Waals surface area contributed by atoms with Gasteiger partial charge in [0.15, 0.2) is 0 Å². The van der Waals surface area contributed by atoms with Crippen molar-refractivity contribution in [2.45, 2.75) is 31.3 Å². The molecular weight excluding hydrogens is 230 g/mol. The van der Waals surface area contributed by atoms with Crippen molar-refractivity contribution in [1.29, 1.82) is 0 Å². The van der Waals surface area contributed by atoms with Crippen molar-refractivity contribution in [1.82, 2.24) is 15.2 Å². The molecule has 2 unspecified atom stereocenters. The zero-order valence-electron chi connectivity index (χ0n) is 11.4. The monoisotopic (exact) mass is 255 g/mol. The topological polar surface area (TPSA) is 66.1 Å². The molecule has 2 rings (SSSR count). The van der Waals surface area contributed by atoms with Gasteiger partial charge in [0.1, 0.15) is 0 Å². The number of rotatable bonds is 3. The van der Waals surface area contributed by atoms with Crippen molar-refractivity contribution in [2.75, 3.05) is 40.4 Å². The predicted molar refractivity (Wildman–Crippen MR) is 72.3 cm³/mol. The van der Waals surface area contributed by atoms with Gasteiger partial charge >= 0.3 is 0 Å². The molecule has 0 amide bonds. The second kappa shape index (κ2) is 6.36. The Hall–Kier alpha value is -0.850. The van der Waals surface area contributed by atoms with Crippen LogP contribution in [0.1, 0.15) is 19.3 Å². The number of hydrogen-bond donors (Lipinski definition) is 2. The summed E-state index contributed by atoms with van der Waals surface area (Å²) < 4.78 is 5.01. The number of aliphatic imine (C=N–C) groups is 1. The number of ether oxygens (including phenoxy) is 1. The minimum absolute atomic E-state index is 0.630. The van der Waals surface area contributed by atoms with E-state index < -0.39 is 0 Å². The molecule has 0 saturated carbocycles. The van der Waals surface area contributed by atoms with Crippen LogP contribution in [-0.4, -0.2) is 68.2 Å². The Morgan fingerprint density at radius 1 is 1.39 bits per heavy atom. The molecule has 2 fully saturated rings. The normalized spacial score (nSPS) is 29.5. The van der Waals surface area contributed by atoms with E-state index in [1.807, 2.05) is 0 Å². The number of fused-ring (bicyclic) bond motifs is 2. The summed E-state index contributed by atoms with van der Waals surface area (Å²) in [6.45, 7) is 3.33. The highest BCUT2D eigenvalue weighted by molar-refractivity contribution is 5.79. The van der Waals surface area contributed by atoms with Crippen molar-refractivity contribution < 1.29 is 4.74 Å². The quantitative estimate of drug-likeness (QED) is 0.237. The molecule has 3 N–H and O–H groups in total. The zero-order valence-corrected chi connectivity index (χ0v) is 11.4. The number of methoxy groups -OCH3 is 1. The van der Waals surface area contributed by atoms with E-state index in [2.05, 4.69) is 27.3 Å². The molecule has 2 bridgehead atoms. The summed E-state index contributed by atoms with van der Waals surface area (Å²) in [5.74, 6) is 6.39. The first-order valence-corrected chi connectivity index (χ1v) is 6.73. The molecule has 0 aromatic rings. The molecule has 2 aliphatic rings. The van der Waals surface area contributed by atoms with Crippen molar-refractivity contribution >= 4 is 5.96 Å². The second-order valence-corrected chi connectivity index (χ2v) is 5.13. The number of nitrogens with two attached hydrogens (primary N) is 1. The minimum Gasteiger partial charge on any atom is -0.383 e. The lowest BCUT2D eigenvalue weighted by atomic mass is 10.1. The second-order valence-electron chi connectivity index (χ2n) is 5.13. The predicted octanol–water partition coefficient (Wildman–Crippen LogP) is -0.379. The standard InChI is InChI=1S/C12H25N5O/c1-16-10-3-4-11(16)9-17(7-5-10)12(15-13)14-6-8-18-2/h10-11H,3-9,13H2,1-2H3,(H,14,15). The van der Waals surface area contributed by atoms with E-state index in [9.17, 15) is 0 Å². The Morgan fingerprint density at radius 3 is 2.89 bits per heavy atom. The fraction of sp³-hybridized carbons (Fsp3) is 0.917. The molecular formula is C12H25N5O. The molecule has 6 nitrogen and oxygen atoms in total. The number of hydrogen-bond acceptors (Lipinski definition) is 4. The van der Waals surface area contributed by atoms with E-state index in [-0.39, 0.29) is 0 Å². The average molecular weight is 255 g/mol. The van der Waals surface area contributed by atoms with Gasteiger partial charge in [0.25, 0.3) is 0 Å². The average Bonchev–Trinajstić information content (AvgIpc) is 2.60. The van der Waals surface area contributed by atoms with Crippen LogP contribution >= 0.6 is 0 Å². The maximum Gasteiger partial charge on any atom is 0.208 e. The Balaban J connectivity index is 1.97. The van der Waals surface area contributed by atoms with Gasteiger partial charge in [-0.25, -0.2) is 10.8 Å². The third kappa shape index (κ3) is 2.93. The molecule has 2 aliphatic heterocycles. The van der Waals surface area contributed by atoms with Crippen LogP contribution in [0.25, 0.3) is 0 Å². The van der Waals surface area contributed by atoms with Crippen LogP contribution in [0.15, 0.2) is 4.99 Å². The minimum atomic E-state index is 0.630. The molecule has 6 heteroatoms. The van der Waals surface area contributed by atoms with Gasteiger partial charge in [-0.15, -0.1) is 0 Å². The van der Waals surface area contributed by atoms with Crippen LogP contribution in [0.5, 0.6) is 0 Å². The first-order valence-electron chi connectivity index (χ1n) is 6.73. The first kappa shape index (κ1) is 13.6. The van der Waals surface area contributed by atoms with Crippen LogP contribution in [0.3, 0.4) is 0 Å². The van der Waals surface area contributed by atoms with Gasteiger partial charge in [0.2, 0.25) is 5.96 Å². The summed E-state index contributed by atoms with van der Waals surface area (Å²) >= 11 is 0. The molecule has 0 aliphatic carbocycles. The Morgan fingerprint density at radius 2 is 2.17 bits per heavy atom. The third-order valence-corrected chi connectivity index (χ3v) is 4.13. The molecule has 2 heterocycles. The molecule has 104 valence electrons. The SMILES string of the molecule is COCCN=C(NN)N1CCC2CCC(C1)N2C. The summed E-state index contributed by atoms with van der Waals surface area (Å²) in [5.41, 5.74) is 2.73. The smallest absolute Gasteiger partial charge is 0.208 e. The Bertz CT molecular complexity index is 296. The molecule has 0 aromatic carbocycles.